The molecule has 9 heteroatoms. The number of ether oxygens (including phenoxy) is 2. The average molecular weight is 466 g/mol. The Morgan fingerprint density at radius 1 is 1.13 bits per heavy atom. The monoisotopic (exact) mass is 465 g/mol. The van der Waals surface area contributed by atoms with Crippen LogP contribution in [0.15, 0.2) is 47.4 Å². The van der Waals surface area contributed by atoms with Crippen molar-refractivity contribution >= 4 is 39.3 Å². The van der Waals surface area contributed by atoms with E-state index in [1.165, 1.54) is 22.5 Å². The third-order valence-electron chi connectivity index (χ3n) is 4.55. The summed E-state index contributed by atoms with van der Waals surface area (Å²) in [6.07, 6.45) is 1.49. The first-order chi connectivity index (χ1) is 14.5. The van der Waals surface area contributed by atoms with Gasteiger partial charge in [0.25, 0.3) is 10.0 Å². The summed E-state index contributed by atoms with van der Waals surface area (Å²) in [5, 5.41) is 0.0205. The molecule has 7 nitrogen and oxygen atoms in total. The van der Waals surface area contributed by atoms with E-state index < -0.39 is 34.2 Å². The summed E-state index contributed by atoms with van der Waals surface area (Å²) in [5.74, 6) is -1.63. The number of hydrogen-bond donors (Lipinski definition) is 0. The van der Waals surface area contributed by atoms with Crippen LogP contribution in [0.1, 0.15) is 43.1 Å². The van der Waals surface area contributed by atoms with Gasteiger partial charge >= 0.3 is 11.9 Å². The van der Waals surface area contributed by atoms with Crippen LogP contribution in [0, 0.1) is 0 Å². The highest BCUT2D eigenvalue weighted by Crippen LogP contribution is 2.33. The molecule has 0 bridgehead atoms. The summed E-state index contributed by atoms with van der Waals surface area (Å²) in [7, 11) is -3.93. The van der Waals surface area contributed by atoms with E-state index in [1.807, 2.05) is 12.1 Å². The zero-order valence-electron chi connectivity index (χ0n) is 17.6. The van der Waals surface area contributed by atoms with Gasteiger partial charge in [0.15, 0.2) is 6.61 Å². The molecule has 0 spiro atoms. The summed E-state index contributed by atoms with van der Waals surface area (Å²) in [6, 6.07) is 11.2. The van der Waals surface area contributed by atoms with Crippen LogP contribution in [0.25, 0.3) is 0 Å². The molecular formula is C22H24ClNO6S. The van der Waals surface area contributed by atoms with Crippen LogP contribution >= 0.6 is 11.6 Å². The van der Waals surface area contributed by atoms with E-state index >= 15 is 0 Å². The first kappa shape index (κ1) is 23.1. The zero-order chi connectivity index (χ0) is 22.8. The molecule has 0 fully saturated rings. The number of sulfonamides is 1. The van der Waals surface area contributed by atoms with Crippen LogP contribution in [0.2, 0.25) is 5.02 Å². The number of esters is 2. The second-order valence-corrected chi connectivity index (χ2v) is 10.4. The number of nitrogens with zero attached hydrogens (tertiary/aromatic N) is 1. The summed E-state index contributed by atoms with van der Waals surface area (Å²) in [6.45, 7) is 4.80. The fourth-order valence-electron chi connectivity index (χ4n) is 3.27. The topological polar surface area (TPSA) is 90.0 Å². The lowest BCUT2D eigenvalue weighted by atomic mass is 10.0. The van der Waals surface area contributed by atoms with Crippen LogP contribution in [0.4, 0.5) is 5.69 Å². The van der Waals surface area contributed by atoms with Gasteiger partial charge in [0.1, 0.15) is 5.60 Å². The van der Waals surface area contributed by atoms with Crippen molar-refractivity contribution in [3.63, 3.8) is 0 Å². The first-order valence-electron chi connectivity index (χ1n) is 9.78. The fourth-order valence-corrected chi connectivity index (χ4v) is 5.03. The second kappa shape index (κ2) is 8.88. The molecule has 0 saturated heterocycles. The van der Waals surface area contributed by atoms with Crippen LogP contribution in [0.5, 0.6) is 0 Å². The molecule has 0 radical (unpaired) electrons. The maximum Gasteiger partial charge on any atom is 0.344 e. The third-order valence-corrected chi connectivity index (χ3v) is 6.69. The molecule has 0 aliphatic carbocycles. The number of aryl methyl sites for hydroxylation is 1. The largest absolute Gasteiger partial charge is 0.457 e. The lowest BCUT2D eigenvalue weighted by molar-refractivity contribution is -0.158. The lowest BCUT2D eigenvalue weighted by Crippen LogP contribution is -2.35. The van der Waals surface area contributed by atoms with E-state index in [9.17, 15) is 18.0 Å². The number of halogens is 1. The fraction of sp³-hybridized carbons (Fsp3) is 0.364. The summed E-state index contributed by atoms with van der Waals surface area (Å²) < 4.78 is 38.0. The molecule has 0 N–H and O–H groups in total. The highest BCUT2D eigenvalue weighted by molar-refractivity contribution is 7.92. The normalized spacial score (nSPS) is 14.0. The molecule has 2 aromatic rings. The van der Waals surface area contributed by atoms with Crippen LogP contribution in [-0.4, -0.2) is 39.1 Å². The average Bonchev–Trinajstić information content (AvgIpc) is 2.70. The molecule has 1 heterocycles. The van der Waals surface area contributed by atoms with Crippen LogP contribution in [-0.2, 0) is 30.7 Å². The van der Waals surface area contributed by atoms with E-state index in [0.717, 1.165) is 12.0 Å². The van der Waals surface area contributed by atoms with Crippen LogP contribution in [0.3, 0.4) is 0 Å². The van der Waals surface area contributed by atoms with Crippen molar-refractivity contribution in [3.05, 3.63) is 58.6 Å². The van der Waals surface area contributed by atoms with Gasteiger partial charge in [-0.05, 0) is 63.4 Å². The molecular weight excluding hydrogens is 442 g/mol. The molecule has 0 unspecified atom stereocenters. The van der Waals surface area contributed by atoms with E-state index in [-0.39, 0.29) is 15.5 Å². The van der Waals surface area contributed by atoms with E-state index in [1.54, 1.807) is 32.9 Å². The standard InChI is InChI=1S/C22H24ClNO6S/c1-22(2,3)30-20(25)14-29-21(26)17-13-16(10-11-18(17)23)31(27,28)24-12-6-8-15-7-4-5-9-19(15)24/h4-5,7,9-11,13H,6,8,12,14H2,1-3H3. The highest BCUT2D eigenvalue weighted by atomic mass is 35.5. The number of anilines is 1. The number of carbonyl (C=O) groups excluding carboxylic acids is 2. The minimum atomic E-state index is -3.93. The number of rotatable bonds is 5. The maximum absolute atomic E-state index is 13.3. The van der Waals surface area contributed by atoms with Crippen molar-refractivity contribution in [1.82, 2.24) is 0 Å². The third kappa shape index (κ3) is 5.37. The minimum Gasteiger partial charge on any atom is -0.457 e. The molecule has 2 aromatic carbocycles. The molecule has 0 aromatic heterocycles. The zero-order valence-corrected chi connectivity index (χ0v) is 19.1. The Balaban J connectivity index is 1.84. The van der Waals surface area contributed by atoms with Gasteiger partial charge in [0.05, 0.1) is 21.2 Å². The Kier molecular flexibility index (Phi) is 6.62. The van der Waals surface area contributed by atoms with E-state index in [0.29, 0.717) is 18.7 Å². The Bertz CT molecular complexity index is 1110. The summed E-state index contributed by atoms with van der Waals surface area (Å²) in [4.78, 5) is 24.2. The van der Waals surface area contributed by atoms with Crippen molar-refractivity contribution < 1.29 is 27.5 Å². The molecule has 0 atom stereocenters. The Morgan fingerprint density at radius 3 is 2.55 bits per heavy atom. The number of carbonyl (C=O) groups is 2. The molecule has 31 heavy (non-hydrogen) atoms. The van der Waals surface area contributed by atoms with Crippen LogP contribution < -0.4 is 4.31 Å². The molecule has 3 rings (SSSR count). The van der Waals surface area contributed by atoms with Crippen molar-refractivity contribution in [1.29, 1.82) is 0 Å². The summed E-state index contributed by atoms with van der Waals surface area (Å²) >= 11 is 6.10. The quantitative estimate of drug-likeness (QED) is 0.620. The molecule has 0 saturated carbocycles. The minimum absolute atomic E-state index is 0.0205. The number of hydrogen-bond acceptors (Lipinski definition) is 6. The number of fused-ring (bicyclic) bond motifs is 1. The lowest BCUT2D eigenvalue weighted by Gasteiger charge is -2.30. The predicted octanol–water partition coefficient (Wildman–Crippen LogP) is 3.98. The predicted molar refractivity (Wildman–Crippen MR) is 117 cm³/mol. The van der Waals surface area contributed by atoms with Gasteiger partial charge in [-0.2, -0.15) is 0 Å². The molecule has 166 valence electrons. The molecule has 0 amide bonds. The van der Waals surface area contributed by atoms with Gasteiger partial charge in [-0.1, -0.05) is 29.8 Å². The second-order valence-electron chi connectivity index (χ2n) is 8.11. The van der Waals surface area contributed by atoms with Gasteiger partial charge < -0.3 is 9.47 Å². The summed E-state index contributed by atoms with van der Waals surface area (Å²) in [5.41, 5.74) is 0.706. The SMILES string of the molecule is CC(C)(C)OC(=O)COC(=O)c1cc(S(=O)(=O)N2CCCc3ccccc32)ccc1Cl. The van der Waals surface area contributed by atoms with Gasteiger partial charge in [-0.3, -0.25) is 4.31 Å². The first-order valence-corrected chi connectivity index (χ1v) is 11.6. The van der Waals surface area contributed by atoms with E-state index in [4.69, 9.17) is 21.1 Å². The van der Waals surface area contributed by atoms with Crippen molar-refractivity contribution in [2.45, 2.75) is 44.1 Å². The number of para-hydroxylation sites is 1. The molecule has 1 aliphatic rings. The highest BCUT2D eigenvalue weighted by Gasteiger charge is 2.30. The molecule has 1 aliphatic heterocycles. The van der Waals surface area contributed by atoms with Gasteiger partial charge in [0.2, 0.25) is 0 Å². The van der Waals surface area contributed by atoms with Gasteiger partial charge in [0, 0.05) is 6.54 Å². The van der Waals surface area contributed by atoms with Crippen molar-refractivity contribution in [3.8, 4) is 0 Å². The Morgan fingerprint density at radius 2 is 1.84 bits per heavy atom. The Hall–Kier alpha value is -2.58. The number of benzene rings is 2. The van der Waals surface area contributed by atoms with Crippen molar-refractivity contribution in [2.75, 3.05) is 17.5 Å². The van der Waals surface area contributed by atoms with Crippen molar-refractivity contribution in [2.24, 2.45) is 0 Å². The van der Waals surface area contributed by atoms with Gasteiger partial charge in [-0.15, -0.1) is 0 Å². The maximum atomic E-state index is 13.3. The van der Waals surface area contributed by atoms with Gasteiger partial charge in [-0.25, -0.2) is 18.0 Å². The van der Waals surface area contributed by atoms with E-state index in [2.05, 4.69) is 0 Å². The Labute approximate surface area is 187 Å². The smallest absolute Gasteiger partial charge is 0.344 e.